The largest absolute Gasteiger partial charge is 0.451 e. The molecule has 0 unspecified atom stereocenters. The minimum atomic E-state index is -0.663. The Morgan fingerprint density at radius 3 is 2.78 bits per heavy atom. The minimum absolute atomic E-state index is 0.0917. The SMILES string of the molecule is Cc1oc(-c2ccccc2)nc1C(=O)OCC(=O)NCCC1=CCCCC1. The van der Waals surface area contributed by atoms with Gasteiger partial charge in [-0.1, -0.05) is 29.8 Å². The number of oxazole rings is 1. The second-order valence-electron chi connectivity index (χ2n) is 6.57. The Kier molecular flexibility index (Phi) is 6.41. The molecular weight excluding hydrogens is 344 g/mol. The van der Waals surface area contributed by atoms with Crippen molar-refractivity contribution < 1.29 is 18.7 Å². The van der Waals surface area contributed by atoms with Gasteiger partial charge in [-0.3, -0.25) is 4.79 Å². The highest BCUT2D eigenvalue weighted by Crippen LogP contribution is 2.22. The van der Waals surface area contributed by atoms with E-state index in [1.807, 2.05) is 30.3 Å². The number of benzene rings is 1. The molecule has 27 heavy (non-hydrogen) atoms. The summed E-state index contributed by atoms with van der Waals surface area (Å²) in [6.07, 6.45) is 7.82. The van der Waals surface area contributed by atoms with E-state index in [0.29, 0.717) is 18.2 Å². The van der Waals surface area contributed by atoms with Crippen molar-refractivity contribution in [1.82, 2.24) is 10.3 Å². The van der Waals surface area contributed by atoms with E-state index < -0.39 is 5.97 Å². The maximum atomic E-state index is 12.2. The first-order chi connectivity index (χ1) is 13.1. The third-order valence-corrected chi connectivity index (χ3v) is 4.50. The Labute approximate surface area is 158 Å². The van der Waals surface area contributed by atoms with Crippen LogP contribution in [0.5, 0.6) is 0 Å². The Morgan fingerprint density at radius 1 is 1.22 bits per heavy atom. The average Bonchev–Trinajstić information content (AvgIpc) is 3.09. The lowest BCUT2D eigenvalue weighted by molar-refractivity contribution is -0.124. The van der Waals surface area contributed by atoms with E-state index in [4.69, 9.17) is 9.15 Å². The maximum absolute atomic E-state index is 12.2. The van der Waals surface area contributed by atoms with Gasteiger partial charge < -0.3 is 14.5 Å². The van der Waals surface area contributed by atoms with Crippen LogP contribution in [0.25, 0.3) is 11.5 Å². The van der Waals surface area contributed by atoms with Crippen molar-refractivity contribution in [3.05, 3.63) is 53.4 Å². The topological polar surface area (TPSA) is 81.4 Å². The molecule has 1 aliphatic rings. The number of aromatic nitrogens is 1. The minimum Gasteiger partial charge on any atom is -0.451 e. The lowest BCUT2D eigenvalue weighted by Gasteiger charge is -2.12. The molecule has 142 valence electrons. The second-order valence-corrected chi connectivity index (χ2v) is 6.57. The summed E-state index contributed by atoms with van der Waals surface area (Å²) in [6.45, 7) is 1.88. The van der Waals surface area contributed by atoms with Crippen molar-refractivity contribution in [3.8, 4) is 11.5 Å². The number of allylic oxidation sites excluding steroid dienone is 1. The average molecular weight is 368 g/mol. The highest BCUT2D eigenvalue weighted by molar-refractivity contribution is 5.90. The zero-order valence-electron chi connectivity index (χ0n) is 15.5. The molecule has 6 heteroatoms. The lowest BCUT2D eigenvalue weighted by atomic mass is 9.97. The second kappa shape index (κ2) is 9.16. The highest BCUT2D eigenvalue weighted by Gasteiger charge is 2.20. The third-order valence-electron chi connectivity index (χ3n) is 4.50. The Morgan fingerprint density at radius 2 is 2.04 bits per heavy atom. The van der Waals surface area contributed by atoms with Gasteiger partial charge in [0.1, 0.15) is 5.76 Å². The Bertz CT molecular complexity index is 824. The highest BCUT2D eigenvalue weighted by atomic mass is 16.5. The van der Waals surface area contributed by atoms with Crippen LogP contribution in [0.4, 0.5) is 0 Å². The first-order valence-electron chi connectivity index (χ1n) is 9.28. The number of aryl methyl sites for hydroxylation is 1. The summed E-state index contributed by atoms with van der Waals surface area (Å²) in [4.78, 5) is 28.3. The quantitative estimate of drug-likeness (QED) is 0.594. The van der Waals surface area contributed by atoms with Gasteiger partial charge in [0.15, 0.2) is 12.3 Å². The van der Waals surface area contributed by atoms with Gasteiger partial charge in [0, 0.05) is 12.1 Å². The molecule has 3 rings (SSSR count). The number of hydrogen-bond acceptors (Lipinski definition) is 5. The molecule has 0 saturated heterocycles. The molecule has 0 saturated carbocycles. The van der Waals surface area contributed by atoms with E-state index in [2.05, 4.69) is 16.4 Å². The number of rotatable bonds is 7. The van der Waals surface area contributed by atoms with Crippen LogP contribution >= 0.6 is 0 Å². The van der Waals surface area contributed by atoms with Crippen LogP contribution < -0.4 is 5.32 Å². The van der Waals surface area contributed by atoms with Crippen LogP contribution in [0.2, 0.25) is 0 Å². The summed E-state index contributed by atoms with van der Waals surface area (Å²) in [7, 11) is 0. The normalized spacial score (nSPS) is 13.7. The zero-order valence-corrected chi connectivity index (χ0v) is 15.5. The molecule has 0 atom stereocenters. The van der Waals surface area contributed by atoms with Gasteiger partial charge in [-0.25, -0.2) is 9.78 Å². The molecule has 0 aliphatic heterocycles. The number of ether oxygens (including phenoxy) is 1. The number of hydrogen-bond donors (Lipinski definition) is 1. The predicted molar refractivity (Wildman–Crippen MR) is 101 cm³/mol. The van der Waals surface area contributed by atoms with Gasteiger partial charge in [-0.2, -0.15) is 0 Å². The summed E-state index contributed by atoms with van der Waals surface area (Å²) in [5.74, 6) is -0.262. The number of esters is 1. The predicted octanol–water partition coefficient (Wildman–Crippen LogP) is 3.81. The van der Waals surface area contributed by atoms with E-state index >= 15 is 0 Å². The van der Waals surface area contributed by atoms with E-state index in [0.717, 1.165) is 24.8 Å². The van der Waals surface area contributed by atoms with Crippen molar-refractivity contribution >= 4 is 11.9 Å². The van der Waals surface area contributed by atoms with Crippen LogP contribution in [0.15, 0.2) is 46.4 Å². The van der Waals surface area contributed by atoms with Crippen LogP contribution in [0.3, 0.4) is 0 Å². The van der Waals surface area contributed by atoms with Crippen LogP contribution in [0.1, 0.15) is 48.4 Å². The molecule has 0 spiro atoms. The summed E-state index contributed by atoms with van der Waals surface area (Å²) in [5, 5.41) is 2.78. The molecule has 2 aromatic rings. The fourth-order valence-corrected chi connectivity index (χ4v) is 3.03. The number of nitrogens with one attached hydrogen (secondary N) is 1. The fourth-order valence-electron chi connectivity index (χ4n) is 3.03. The molecule has 1 aromatic carbocycles. The van der Waals surface area contributed by atoms with Crippen LogP contribution in [-0.2, 0) is 9.53 Å². The molecule has 1 heterocycles. The Balaban J connectivity index is 1.47. The van der Waals surface area contributed by atoms with Gasteiger partial charge in [0.05, 0.1) is 0 Å². The fraction of sp³-hybridized carbons (Fsp3) is 0.381. The van der Waals surface area contributed by atoms with Gasteiger partial charge >= 0.3 is 5.97 Å². The van der Waals surface area contributed by atoms with Crippen molar-refractivity contribution in [1.29, 1.82) is 0 Å². The molecule has 1 aromatic heterocycles. The molecule has 0 fully saturated rings. The molecule has 1 aliphatic carbocycles. The van der Waals surface area contributed by atoms with E-state index in [1.165, 1.54) is 18.4 Å². The van der Waals surface area contributed by atoms with Crippen molar-refractivity contribution in [2.45, 2.75) is 39.0 Å². The maximum Gasteiger partial charge on any atom is 0.361 e. The van der Waals surface area contributed by atoms with E-state index in [-0.39, 0.29) is 18.2 Å². The van der Waals surface area contributed by atoms with Gasteiger partial charge in [0.2, 0.25) is 5.89 Å². The van der Waals surface area contributed by atoms with Gasteiger partial charge in [0.25, 0.3) is 5.91 Å². The standard InChI is InChI=1S/C21H24N2O4/c1-15-19(23-20(27-15)17-10-6-3-7-11-17)21(25)26-14-18(24)22-13-12-16-8-4-2-5-9-16/h3,6-8,10-11H,2,4-5,9,12-14H2,1H3,(H,22,24). The number of nitrogens with zero attached hydrogens (tertiary/aromatic N) is 1. The van der Waals surface area contributed by atoms with E-state index in [9.17, 15) is 9.59 Å². The van der Waals surface area contributed by atoms with Crippen molar-refractivity contribution in [2.75, 3.05) is 13.2 Å². The third kappa shape index (κ3) is 5.29. The zero-order chi connectivity index (χ0) is 19.1. The number of carbonyl (C=O) groups is 2. The molecular formula is C21H24N2O4. The van der Waals surface area contributed by atoms with Crippen molar-refractivity contribution in [2.24, 2.45) is 0 Å². The summed E-state index contributed by atoms with van der Waals surface area (Å²) in [5.41, 5.74) is 2.26. The monoisotopic (exact) mass is 368 g/mol. The Hall–Kier alpha value is -2.89. The molecule has 1 N–H and O–H groups in total. The molecule has 6 nitrogen and oxygen atoms in total. The van der Waals surface area contributed by atoms with Crippen LogP contribution in [0, 0.1) is 6.92 Å². The summed E-state index contributed by atoms with van der Waals surface area (Å²) >= 11 is 0. The lowest BCUT2D eigenvalue weighted by Crippen LogP contribution is -2.30. The van der Waals surface area contributed by atoms with Gasteiger partial charge in [-0.05, 0) is 51.2 Å². The number of amides is 1. The molecule has 0 radical (unpaired) electrons. The first-order valence-corrected chi connectivity index (χ1v) is 9.28. The van der Waals surface area contributed by atoms with Crippen LogP contribution in [-0.4, -0.2) is 30.0 Å². The van der Waals surface area contributed by atoms with Gasteiger partial charge in [-0.15, -0.1) is 0 Å². The number of carbonyl (C=O) groups excluding carboxylic acids is 2. The summed E-state index contributed by atoms with van der Waals surface area (Å²) in [6, 6.07) is 9.30. The first kappa shape index (κ1) is 18.9. The smallest absolute Gasteiger partial charge is 0.361 e. The summed E-state index contributed by atoms with van der Waals surface area (Å²) < 4.78 is 10.6. The molecule has 1 amide bonds. The molecule has 0 bridgehead atoms. The van der Waals surface area contributed by atoms with E-state index in [1.54, 1.807) is 6.92 Å². The van der Waals surface area contributed by atoms with Crippen molar-refractivity contribution in [3.63, 3.8) is 0 Å².